The first-order chi connectivity index (χ1) is 9.34. The predicted octanol–water partition coefficient (Wildman–Crippen LogP) is 3.41. The van der Waals surface area contributed by atoms with E-state index in [0.717, 1.165) is 35.8 Å². The largest absolute Gasteiger partial charge is 0.316 e. The van der Waals surface area contributed by atoms with Crippen molar-refractivity contribution in [3.8, 4) is 0 Å². The Labute approximate surface area is 113 Å². The Balaban J connectivity index is 1.77. The van der Waals surface area contributed by atoms with Crippen molar-refractivity contribution in [1.82, 2.24) is 5.32 Å². The first kappa shape index (κ1) is 12.4. The van der Waals surface area contributed by atoms with Gasteiger partial charge in [0.05, 0.1) is 0 Å². The van der Waals surface area contributed by atoms with Gasteiger partial charge in [0.15, 0.2) is 5.78 Å². The van der Waals surface area contributed by atoms with Gasteiger partial charge in [0.25, 0.3) is 0 Å². The van der Waals surface area contributed by atoms with E-state index in [1.165, 1.54) is 6.42 Å². The molecule has 2 heteroatoms. The molecule has 2 aromatic rings. The molecule has 3 rings (SSSR count). The molecule has 1 unspecified atom stereocenters. The molecular weight excluding hydrogens is 234 g/mol. The van der Waals surface area contributed by atoms with E-state index < -0.39 is 0 Å². The van der Waals surface area contributed by atoms with Crippen LogP contribution < -0.4 is 5.32 Å². The maximum atomic E-state index is 12.4. The van der Waals surface area contributed by atoms with Gasteiger partial charge in [-0.3, -0.25) is 4.79 Å². The van der Waals surface area contributed by atoms with E-state index in [4.69, 9.17) is 0 Å². The van der Waals surface area contributed by atoms with Gasteiger partial charge in [0, 0.05) is 12.0 Å². The van der Waals surface area contributed by atoms with Crippen molar-refractivity contribution in [2.24, 2.45) is 5.92 Å². The van der Waals surface area contributed by atoms with Crippen LogP contribution in [0.5, 0.6) is 0 Å². The minimum absolute atomic E-state index is 0.281. The zero-order valence-electron chi connectivity index (χ0n) is 11.1. The summed E-state index contributed by atoms with van der Waals surface area (Å²) in [5, 5.41) is 5.59. The highest BCUT2D eigenvalue weighted by atomic mass is 16.1. The zero-order chi connectivity index (χ0) is 13.1. The van der Waals surface area contributed by atoms with Gasteiger partial charge in [-0.15, -0.1) is 0 Å². The molecule has 0 aromatic heterocycles. The van der Waals surface area contributed by atoms with Crippen LogP contribution in [0, 0.1) is 5.92 Å². The summed E-state index contributed by atoms with van der Waals surface area (Å²) in [6.07, 6.45) is 2.89. The average Bonchev–Trinajstić information content (AvgIpc) is 2.97. The van der Waals surface area contributed by atoms with Crippen LogP contribution in [0.2, 0.25) is 0 Å². The third-order valence-corrected chi connectivity index (χ3v) is 4.03. The zero-order valence-corrected chi connectivity index (χ0v) is 11.1. The van der Waals surface area contributed by atoms with E-state index in [-0.39, 0.29) is 5.78 Å². The Morgan fingerprint density at radius 3 is 2.84 bits per heavy atom. The lowest BCUT2D eigenvalue weighted by Crippen LogP contribution is -2.10. The number of fused-ring (bicyclic) bond motifs is 1. The van der Waals surface area contributed by atoms with Crippen LogP contribution in [0.1, 0.15) is 29.6 Å². The number of rotatable bonds is 4. The van der Waals surface area contributed by atoms with Crippen molar-refractivity contribution >= 4 is 16.6 Å². The molecule has 2 aromatic carbocycles. The Kier molecular flexibility index (Phi) is 3.60. The minimum Gasteiger partial charge on any atom is -0.316 e. The van der Waals surface area contributed by atoms with Gasteiger partial charge in [-0.1, -0.05) is 42.5 Å². The lowest BCUT2D eigenvalue weighted by Gasteiger charge is -2.09. The quantitative estimate of drug-likeness (QED) is 0.846. The van der Waals surface area contributed by atoms with Gasteiger partial charge in [-0.2, -0.15) is 0 Å². The number of nitrogens with one attached hydrogen (secondary N) is 1. The number of carbonyl (C=O) groups is 1. The van der Waals surface area contributed by atoms with Crippen LogP contribution >= 0.6 is 0 Å². The van der Waals surface area contributed by atoms with Crippen LogP contribution in [0.25, 0.3) is 10.8 Å². The molecule has 0 spiro atoms. The van der Waals surface area contributed by atoms with Crippen molar-refractivity contribution in [1.29, 1.82) is 0 Å². The molecule has 0 aliphatic carbocycles. The normalized spacial score (nSPS) is 18.8. The summed E-state index contributed by atoms with van der Waals surface area (Å²) < 4.78 is 0. The van der Waals surface area contributed by atoms with Crippen molar-refractivity contribution < 1.29 is 4.79 Å². The van der Waals surface area contributed by atoms with E-state index in [1.54, 1.807) is 0 Å². The number of carbonyl (C=O) groups excluding carboxylic acids is 1. The molecule has 1 heterocycles. The maximum Gasteiger partial charge on any atom is 0.163 e. The van der Waals surface area contributed by atoms with Crippen LogP contribution in [-0.2, 0) is 0 Å². The molecule has 0 radical (unpaired) electrons. The Hall–Kier alpha value is -1.67. The second-order valence-electron chi connectivity index (χ2n) is 5.35. The average molecular weight is 253 g/mol. The molecule has 1 atom stereocenters. The smallest absolute Gasteiger partial charge is 0.163 e. The summed E-state index contributed by atoms with van der Waals surface area (Å²) in [6.45, 7) is 2.18. The molecular formula is C17H19NO. The highest BCUT2D eigenvalue weighted by molar-refractivity contribution is 6.08. The number of Topliss-reactive ketones (excluding diaryl/α,β-unsaturated/α-hetero) is 1. The fraction of sp³-hybridized carbons (Fsp3) is 0.353. The summed E-state index contributed by atoms with van der Waals surface area (Å²) in [6, 6.07) is 14.1. The number of hydrogen-bond acceptors (Lipinski definition) is 2. The standard InChI is InChI=1S/C17H19NO/c19-17(9-8-13-10-11-18-12-13)16-7-3-5-14-4-1-2-6-15(14)16/h1-7,13,18H,8-12H2. The lowest BCUT2D eigenvalue weighted by atomic mass is 9.95. The van der Waals surface area contributed by atoms with Crippen LogP contribution in [-0.4, -0.2) is 18.9 Å². The predicted molar refractivity (Wildman–Crippen MR) is 78.5 cm³/mol. The molecule has 1 aliphatic rings. The van der Waals surface area contributed by atoms with E-state index in [1.807, 2.05) is 30.3 Å². The molecule has 19 heavy (non-hydrogen) atoms. The van der Waals surface area contributed by atoms with Gasteiger partial charge in [-0.05, 0) is 42.6 Å². The van der Waals surface area contributed by atoms with Crippen LogP contribution in [0.4, 0.5) is 0 Å². The van der Waals surface area contributed by atoms with Gasteiger partial charge >= 0.3 is 0 Å². The summed E-state index contributed by atoms with van der Waals surface area (Å²) in [7, 11) is 0. The molecule has 0 amide bonds. The SMILES string of the molecule is O=C(CCC1CCNC1)c1cccc2ccccc12. The molecule has 1 N–H and O–H groups in total. The monoisotopic (exact) mass is 253 g/mol. The number of hydrogen-bond donors (Lipinski definition) is 1. The molecule has 1 aliphatic heterocycles. The Bertz CT molecular complexity index is 579. The van der Waals surface area contributed by atoms with Crippen LogP contribution in [0.15, 0.2) is 42.5 Å². The highest BCUT2D eigenvalue weighted by Crippen LogP contribution is 2.22. The second-order valence-corrected chi connectivity index (χ2v) is 5.35. The van der Waals surface area contributed by atoms with Gasteiger partial charge in [-0.25, -0.2) is 0 Å². The molecule has 1 fully saturated rings. The summed E-state index contributed by atoms with van der Waals surface area (Å²) in [5.41, 5.74) is 0.879. The van der Waals surface area contributed by atoms with Crippen molar-refractivity contribution in [3.63, 3.8) is 0 Å². The first-order valence-corrected chi connectivity index (χ1v) is 7.06. The minimum atomic E-state index is 0.281. The third kappa shape index (κ3) is 2.69. The Morgan fingerprint density at radius 1 is 1.16 bits per heavy atom. The summed E-state index contributed by atoms with van der Waals surface area (Å²) in [5.74, 6) is 0.961. The summed E-state index contributed by atoms with van der Waals surface area (Å²) >= 11 is 0. The highest BCUT2D eigenvalue weighted by Gasteiger charge is 2.17. The number of benzene rings is 2. The Morgan fingerprint density at radius 2 is 2.00 bits per heavy atom. The fourth-order valence-electron chi connectivity index (χ4n) is 2.90. The van der Waals surface area contributed by atoms with Crippen LogP contribution in [0.3, 0.4) is 0 Å². The van der Waals surface area contributed by atoms with E-state index in [9.17, 15) is 4.79 Å². The third-order valence-electron chi connectivity index (χ3n) is 4.03. The molecule has 98 valence electrons. The van der Waals surface area contributed by atoms with E-state index in [0.29, 0.717) is 12.3 Å². The second kappa shape index (κ2) is 5.54. The van der Waals surface area contributed by atoms with Crippen molar-refractivity contribution in [2.75, 3.05) is 13.1 Å². The topological polar surface area (TPSA) is 29.1 Å². The molecule has 1 saturated heterocycles. The van der Waals surface area contributed by atoms with Crippen molar-refractivity contribution in [2.45, 2.75) is 19.3 Å². The lowest BCUT2D eigenvalue weighted by molar-refractivity contribution is 0.0976. The molecule has 0 saturated carbocycles. The van der Waals surface area contributed by atoms with E-state index >= 15 is 0 Å². The maximum absolute atomic E-state index is 12.4. The van der Waals surface area contributed by atoms with Gasteiger partial charge in [0.1, 0.15) is 0 Å². The van der Waals surface area contributed by atoms with Gasteiger partial charge in [0.2, 0.25) is 0 Å². The fourth-order valence-corrected chi connectivity index (χ4v) is 2.90. The summed E-state index contributed by atoms with van der Waals surface area (Å²) in [4.78, 5) is 12.4. The van der Waals surface area contributed by atoms with Crippen molar-refractivity contribution in [3.05, 3.63) is 48.0 Å². The number of ketones is 1. The van der Waals surface area contributed by atoms with Gasteiger partial charge < -0.3 is 5.32 Å². The first-order valence-electron chi connectivity index (χ1n) is 7.06. The molecule has 2 nitrogen and oxygen atoms in total. The molecule has 0 bridgehead atoms. The van der Waals surface area contributed by atoms with E-state index in [2.05, 4.69) is 17.4 Å².